The number of amides is 2. The summed E-state index contributed by atoms with van der Waals surface area (Å²) in [5.41, 5.74) is 1.71. The van der Waals surface area contributed by atoms with Gasteiger partial charge in [-0.3, -0.25) is 4.79 Å². The minimum atomic E-state index is -0.638. The van der Waals surface area contributed by atoms with E-state index in [4.69, 9.17) is 4.74 Å². The molecule has 0 bridgehead atoms. The highest BCUT2D eigenvalue weighted by atomic mass is 19.1. The molecular formula is C16H13FN2O3. The normalized spacial score (nSPS) is 13.0. The van der Waals surface area contributed by atoms with Gasteiger partial charge in [0.2, 0.25) is 0 Å². The number of nitrogens with zero attached hydrogens (tertiary/aromatic N) is 1. The zero-order chi connectivity index (χ0) is 15.7. The summed E-state index contributed by atoms with van der Waals surface area (Å²) < 4.78 is 18.1. The molecule has 1 heterocycles. The number of benzene rings is 2. The molecule has 22 heavy (non-hydrogen) atoms. The predicted molar refractivity (Wildman–Crippen MR) is 78.4 cm³/mol. The second-order valence-corrected chi connectivity index (χ2v) is 4.80. The van der Waals surface area contributed by atoms with Crippen molar-refractivity contribution in [2.75, 3.05) is 11.9 Å². The Morgan fingerprint density at radius 2 is 1.95 bits per heavy atom. The first-order chi connectivity index (χ1) is 10.6. The van der Waals surface area contributed by atoms with Gasteiger partial charge in [-0.15, -0.1) is 0 Å². The number of hydrogen-bond acceptors (Lipinski definition) is 3. The summed E-state index contributed by atoms with van der Waals surface area (Å²) in [4.78, 5) is 25.5. The summed E-state index contributed by atoms with van der Waals surface area (Å²) >= 11 is 0. The van der Waals surface area contributed by atoms with E-state index in [1.807, 2.05) is 0 Å². The molecule has 1 aliphatic heterocycles. The lowest BCUT2D eigenvalue weighted by atomic mass is 10.1. The number of halogens is 1. The predicted octanol–water partition coefficient (Wildman–Crippen LogP) is 2.70. The minimum Gasteiger partial charge on any atom is -0.409 e. The second-order valence-electron chi connectivity index (χ2n) is 4.80. The Kier molecular flexibility index (Phi) is 3.50. The van der Waals surface area contributed by atoms with E-state index < -0.39 is 6.09 Å². The van der Waals surface area contributed by atoms with E-state index in [1.165, 1.54) is 24.1 Å². The minimum absolute atomic E-state index is 0.214. The van der Waals surface area contributed by atoms with Crippen molar-refractivity contribution in [2.45, 2.75) is 6.54 Å². The van der Waals surface area contributed by atoms with E-state index in [1.54, 1.807) is 30.3 Å². The van der Waals surface area contributed by atoms with Gasteiger partial charge in [-0.2, -0.15) is 0 Å². The highest BCUT2D eigenvalue weighted by molar-refractivity contribution is 6.12. The van der Waals surface area contributed by atoms with E-state index in [9.17, 15) is 14.0 Å². The number of ether oxygens (including phenoxy) is 1. The van der Waals surface area contributed by atoms with E-state index in [-0.39, 0.29) is 17.5 Å². The lowest BCUT2D eigenvalue weighted by molar-refractivity contribution is 0.0994. The van der Waals surface area contributed by atoms with Gasteiger partial charge in [-0.25, -0.2) is 9.18 Å². The van der Waals surface area contributed by atoms with Crippen molar-refractivity contribution >= 4 is 17.7 Å². The molecule has 6 heteroatoms. The van der Waals surface area contributed by atoms with E-state index in [0.717, 1.165) is 5.56 Å². The van der Waals surface area contributed by atoms with Crippen molar-refractivity contribution in [3.05, 3.63) is 59.4 Å². The summed E-state index contributed by atoms with van der Waals surface area (Å²) in [6, 6.07) is 10.8. The molecule has 2 aromatic rings. The molecule has 0 spiro atoms. The van der Waals surface area contributed by atoms with E-state index in [2.05, 4.69) is 5.32 Å². The van der Waals surface area contributed by atoms with Crippen LogP contribution in [0.15, 0.2) is 42.5 Å². The SMILES string of the molecule is CNC(=O)Oc1cccc2c1C(=O)N(c1ccc(F)cc1)C2. The summed E-state index contributed by atoms with van der Waals surface area (Å²) in [6.07, 6.45) is -0.638. The molecular weight excluding hydrogens is 287 g/mol. The Morgan fingerprint density at radius 3 is 2.64 bits per heavy atom. The van der Waals surface area contributed by atoms with Gasteiger partial charge in [0.05, 0.1) is 12.1 Å². The van der Waals surface area contributed by atoms with Crippen LogP contribution in [0.5, 0.6) is 5.75 Å². The topological polar surface area (TPSA) is 58.6 Å². The number of carbonyl (C=O) groups excluding carboxylic acids is 2. The molecule has 2 aromatic carbocycles. The molecule has 0 saturated carbocycles. The molecule has 0 aliphatic carbocycles. The van der Waals surface area contributed by atoms with Gasteiger partial charge in [-0.1, -0.05) is 12.1 Å². The highest BCUT2D eigenvalue weighted by Crippen LogP contribution is 2.34. The Bertz CT molecular complexity index is 744. The van der Waals surface area contributed by atoms with E-state index >= 15 is 0 Å². The maximum atomic E-state index is 13.0. The van der Waals surface area contributed by atoms with Crippen molar-refractivity contribution in [2.24, 2.45) is 0 Å². The zero-order valence-electron chi connectivity index (χ0n) is 11.8. The van der Waals surface area contributed by atoms with Crippen LogP contribution >= 0.6 is 0 Å². The Hall–Kier alpha value is -2.89. The lowest BCUT2D eigenvalue weighted by Gasteiger charge is -2.15. The maximum Gasteiger partial charge on any atom is 0.412 e. The smallest absolute Gasteiger partial charge is 0.409 e. The van der Waals surface area contributed by atoms with Gasteiger partial charge in [0.25, 0.3) is 5.91 Å². The van der Waals surface area contributed by atoms with Crippen LogP contribution in [0.25, 0.3) is 0 Å². The fourth-order valence-corrected chi connectivity index (χ4v) is 2.39. The third-order valence-corrected chi connectivity index (χ3v) is 3.45. The first-order valence-corrected chi connectivity index (χ1v) is 6.69. The van der Waals surface area contributed by atoms with Crippen molar-refractivity contribution in [3.63, 3.8) is 0 Å². The summed E-state index contributed by atoms with van der Waals surface area (Å²) in [6.45, 7) is 0.352. The number of anilines is 1. The van der Waals surface area contributed by atoms with Crippen LogP contribution in [0.2, 0.25) is 0 Å². The molecule has 5 nitrogen and oxygen atoms in total. The zero-order valence-corrected chi connectivity index (χ0v) is 11.8. The third-order valence-electron chi connectivity index (χ3n) is 3.45. The van der Waals surface area contributed by atoms with Crippen LogP contribution in [0.4, 0.5) is 14.9 Å². The molecule has 0 radical (unpaired) electrons. The standard InChI is InChI=1S/C16H13FN2O3/c1-18-16(21)22-13-4-2-3-10-9-19(15(20)14(10)13)12-7-5-11(17)6-8-12/h2-8H,9H2,1H3,(H,18,21). The van der Waals surface area contributed by atoms with Gasteiger partial charge in [0, 0.05) is 12.7 Å². The van der Waals surface area contributed by atoms with Gasteiger partial charge in [0.15, 0.2) is 0 Å². The first-order valence-electron chi connectivity index (χ1n) is 6.69. The largest absolute Gasteiger partial charge is 0.412 e. The van der Waals surface area contributed by atoms with Gasteiger partial charge in [-0.05, 0) is 35.9 Å². The average molecular weight is 300 g/mol. The Balaban J connectivity index is 1.95. The molecule has 1 aliphatic rings. The van der Waals surface area contributed by atoms with E-state index in [0.29, 0.717) is 17.8 Å². The van der Waals surface area contributed by atoms with Gasteiger partial charge < -0.3 is 15.0 Å². The number of fused-ring (bicyclic) bond motifs is 1. The summed E-state index contributed by atoms with van der Waals surface area (Å²) in [5, 5.41) is 2.34. The number of hydrogen-bond donors (Lipinski definition) is 1. The first kappa shape index (κ1) is 14.1. The van der Waals surface area contributed by atoms with Crippen LogP contribution in [0, 0.1) is 5.82 Å². The van der Waals surface area contributed by atoms with Gasteiger partial charge >= 0.3 is 6.09 Å². The fourth-order valence-electron chi connectivity index (χ4n) is 2.39. The summed E-state index contributed by atoms with van der Waals surface area (Å²) in [5.74, 6) is -0.427. The van der Waals surface area contributed by atoms with Gasteiger partial charge in [0.1, 0.15) is 11.6 Å². The van der Waals surface area contributed by atoms with Crippen molar-refractivity contribution in [1.82, 2.24) is 5.32 Å². The molecule has 0 atom stereocenters. The number of carbonyl (C=O) groups is 2. The van der Waals surface area contributed by atoms with Crippen molar-refractivity contribution in [3.8, 4) is 5.75 Å². The molecule has 112 valence electrons. The van der Waals surface area contributed by atoms with Crippen LogP contribution in [-0.4, -0.2) is 19.0 Å². The molecule has 0 fully saturated rings. The van der Waals surface area contributed by atoms with Crippen LogP contribution in [0.3, 0.4) is 0 Å². The Morgan fingerprint density at radius 1 is 1.23 bits per heavy atom. The highest BCUT2D eigenvalue weighted by Gasteiger charge is 2.32. The van der Waals surface area contributed by atoms with Crippen LogP contribution in [0.1, 0.15) is 15.9 Å². The Labute approximate surface area is 126 Å². The molecule has 0 aromatic heterocycles. The van der Waals surface area contributed by atoms with Crippen molar-refractivity contribution in [1.29, 1.82) is 0 Å². The quantitative estimate of drug-likeness (QED) is 0.927. The molecule has 1 N–H and O–H groups in total. The van der Waals surface area contributed by atoms with Crippen LogP contribution < -0.4 is 15.0 Å². The third kappa shape index (κ3) is 2.39. The molecule has 0 unspecified atom stereocenters. The molecule has 3 rings (SSSR count). The average Bonchev–Trinajstić information content (AvgIpc) is 2.86. The number of rotatable bonds is 2. The molecule has 0 saturated heterocycles. The molecule has 2 amide bonds. The van der Waals surface area contributed by atoms with Crippen molar-refractivity contribution < 1.29 is 18.7 Å². The number of nitrogens with one attached hydrogen (secondary N) is 1. The lowest BCUT2D eigenvalue weighted by Crippen LogP contribution is -2.25. The maximum absolute atomic E-state index is 13.0. The van der Waals surface area contributed by atoms with Crippen LogP contribution in [-0.2, 0) is 6.54 Å². The monoisotopic (exact) mass is 300 g/mol. The fraction of sp³-hybridized carbons (Fsp3) is 0.125. The summed E-state index contributed by atoms with van der Waals surface area (Å²) in [7, 11) is 1.44. The second kappa shape index (κ2) is 5.48.